The summed E-state index contributed by atoms with van der Waals surface area (Å²) in [4.78, 5) is 4.28. The van der Waals surface area contributed by atoms with Gasteiger partial charge in [0.1, 0.15) is 5.69 Å². The van der Waals surface area contributed by atoms with E-state index in [1.165, 1.54) is 0 Å². The van der Waals surface area contributed by atoms with Crippen molar-refractivity contribution in [3.8, 4) is 11.6 Å². The van der Waals surface area contributed by atoms with E-state index in [0.29, 0.717) is 5.88 Å². The van der Waals surface area contributed by atoms with E-state index >= 15 is 0 Å². The highest BCUT2D eigenvalue weighted by atomic mass is 16.5. The van der Waals surface area contributed by atoms with E-state index < -0.39 is 0 Å². The molecule has 2 aliphatic rings. The van der Waals surface area contributed by atoms with Crippen LogP contribution in [0.15, 0.2) is 30.3 Å². The lowest BCUT2D eigenvalue weighted by molar-refractivity contribution is 0.122. The quantitative estimate of drug-likeness (QED) is 0.800. The van der Waals surface area contributed by atoms with Crippen LogP contribution < -0.4 is 14.5 Å². The van der Waals surface area contributed by atoms with Gasteiger partial charge in [0.25, 0.3) is 5.88 Å². The predicted octanol–water partition coefficient (Wildman–Crippen LogP) is 2.19. The molecular formula is C15H16N4O2. The maximum absolute atomic E-state index is 5.83. The molecule has 3 heterocycles. The number of ether oxygens (including phenoxy) is 2. The van der Waals surface area contributed by atoms with Gasteiger partial charge in [-0.15, -0.1) is 10.2 Å². The van der Waals surface area contributed by atoms with E-state index in [-0.39, 0.29) is 0 Å². The van der Waals surface area contributed by atoms with Gasteiger partial charge in [0.15, 0.2) is 11.6 Å². The van der Waals surface area contributed by atoms with Gasteiger partial charge in [-0.1, -0.05) is 12.1 Å². The van der Waals surface area contributed by atoms with Crippen LogP contribution in [0.2, 0.25) is 0 Å². The summed E-state index contributed by atoms with van der Waals surface area (Å²) in [5.74, 6) is 2.22. The SMILES string of the molecule is CN1c2ccccc2Oc2nnc(N3CCOCC3)cc21. The molecule has 6 heteroatoms. The summed E-state index contributed by atoms with van der Waals surface area (Å²) in [6.07, 6.45) is 0. The molecular weight excluding hydrogens is 268 g/mol. The first-order valence-corrected chi connectivity index (χ1v) is 7.04. The largest absolute Gasteiger partial charge is 0.434 e. The highest BCUT2D eigenvalue weighted by molar-refractivity contribution is 5.77. The van der Waals surface area contributed by atoms with Crippen LogP contribution in [0, 0.1) is 0 Å². The summed E-state index contributed by atoms with van der Waals surface area (Å²) in [7, 11) is 2.02. The fraction of sp³-hybridized carbons (Fsp3) is 0.333. The number of nitrogens with zero attached hydrogens (tertiary/aromatic N) is 4. The Morgan fingerprint density at radius 1 is 1.05 bits per heavy atom. The van der Waals surface area contributed by atoms with Gasteiger partial charge in [-0.05, 0) is 12.1 Å². The minimum Gasteiger partial charge on any atom is -0.434 e. The standard InChI is InChI=1S/C15H16N4O2/c1-18-11-4-2-3-5-13(11)21-15-12(18)10-14(16-17-15)19-6-8-20-9-7-19/h2-5,10H,6-9H2,1H3. The summed E-state index contributed by atoms with van der Waals surface area (Å²) >= 11 is 0. The Bertz CT molecular complexity index is 670. The average Bonchev–Trinajstić information content (AvgIpc) is 2.56. The van der Waals surface area contributed by atoms with Crippen molar-refractivity contribution >= 4 is 17.2 Å². The molecule has 0 radical (unpaired) electrons. The van der Waals surface area contributed by atoms with Gasteiger partial charge in [-0.3, -0.25) is 0 Å². The van der Waals surface area contributed by atoms with Gasteiger partial charge >= 0.3 is 0 Å². The molecule has 6 nitrogen and oxygen atoms in total. The number of rotatable bonds is 1. The molecule has 2 aromatic rings. The van der Waals surface area contributed by atoms with Crippen LogP contribution in [0.4, 0.5) is 17.2 Å². The van der Waals surface area contributed by atoms with Gasteiger partial charge in [-0.2, -0.15) is 0 Å². The average molecular weight is 284 g/mol. The first-order chi connectivity index (χ1) is 10.3. The van der Waals surface area contributed by atoms with Crippen molar-refractivity contribution in [1.82, 2.24) is 10.2 Å². The minimum atomic E-state index is 0.549. The van der Waals surface area contributed by atoms with E-state index in [2.05, 4.69) is 20.0 Å². The maximum atomic E-state index is 5.83. The zero-order valence-corrected chi connectivity index (χ0v) is 11.8. The molecule has 0 bridgehead atoms. The first-order valence-electron chi connectivity index (χ1n) is 7.04. The van der Waals surface area contributed by atoms with E-state index in [0.717, 1.165) is 49.2 Å². The van der Waals surface area contributed by atoms with Gasteiger partial charge in [0.2, 0.25) is 0 Å². The molecule has 0 unspecified atom stereocenters. The Morgan fingerprint density at radius 3 is 2.71 bits per heavy atom. The van der Waals surface area contributed by atoms with Gasteiger partial charge in [0, 0.05) is 26.2 Å². The molecule has 0 spiro atoms. The fourth-order valence-electron chi connectivity index (χ4n) is 2.68. The van der Waals surface area contributed by atoms with Crippen molar-refractivity contribution in [2.75, 3.05) is 43.2 Å². The smallest absolute Gasteiger partial charge is 0.263 e. The lowest BCUT2D eigenvalue weighted by Gasteiger charge is -2.31. The molecule has 4 rings (SSSR count). The number of benzene rings is 1. The summed E-state index contributed by atoms with van der Waals surface area (Å²) in [6.45, 7) is 3.14. The van der Waals surface area contributed by atoms with Crippen LogP contribution in [0.5, 0.6) is 11.6 Å². The van der Waals surface area contributed by atoms with Crippen LogP contribution in [-0.2, 0) is 4.74 Å². The second kappa shape index (κ2) is 4.89. The topological polar surface area (TPSA) is 50.7 Å². The number of aromatic nitrogens is 2. The molecule has 0 N–H and O–H groups in total. The summed E-state index contributed by atoms with van der Waals surface area (Å²) in [6, 6.07) is 9.96. The second-order valence-corrected chi connectivity index (χ2v) is 5.12. The van der Waals surface area contributed by atoms with E-state index in [9.17, 15) is 0 Å². The van der Waals surface area contributed by atoms with Crippen LogP contribution >= 0.6 is 0 Å². The Hall–Kier alpha value is -2.34. The van der Waals surface area contributed by atoms with Crippen LogP contribution in [0.1, 0.15) is 0 Å². The first kappa shape index (κ1) is 12.4. The molecule has 1 aromatic heterocycles. The van der Waals surface area contributed by atoms with Crippen molar-refractivity contribution in [1.29, 1.82) is 0 Å². The number of hydrogen-bond donors (Lipinski definition) is 0. The Labute approximate surface area is 122 Å². The van der Waals surface area contributed by atoms with Crippen molar-refractivity contribution in [3.05, 3.63) is 30.3 Å². The molecule has 1 aromatic carbocycles. The maximum Gasteiger partial charge on any atom is 0.263 e. The van der Waals surface area contributed by atoms with Gasteiger partial charge < -0.3 is 19.3 Å². The fourth-order valence-corrected chi connectivity index (χ4v) is 2.68. The molecule has 1 fully saturated rings. The number of para-hydroxylation sites is 2. The summed E-state index contributed by atoms with van der Waals surface area (Å²) < 4.78 is 11.2. The lowest BCUT2D eigenvalue weighted by atomic mass is 10.2. The highest BCUT2D eigenvalue weighted by Gasteiger charge is 2.25. The Kier molecular flexibility index (Phi) is 2.89. The third-order valence-corrected chi connectivity index (χ3v) is 3.86. The van der Waals surface area contributed by atoms with Crippen molar-refractivity contribution in [2.24, 2.45) is 0 Å². The van der Waals surface area contributed by atoms with Crippen LogP contribution in [0.25, 0.3) is 0 Å². The molecule has 1 saturated heterocycles. The molecule has 2 aliphatic heterocycles. The zero-order chi connectivity index (χ0) is 14.2. The normalized spacial score (nSPS) is 17.0. The summed E-state index contributed by atoms with van der Waals surface area (Å²) in [5, 5.41) is 8.54. The zero-order valence-electron chi connectivity index (χ0n) is 11.8. The number of anilines is 3. The third kappa shape index (κ3) is 2.08. The highest BCUT2D eigenvalue weighted by Crippen LogP contribution is 2.44. The monoisotopic (exact) mass is 284 g/mol. The molecule has 0 aliphatic carbocycles. The summed E-state index contributed by atoms with van der Waals surface area (Å²) in [5.41, 5.74) is 1.97. The Morgan fingerprint density at radius 2 is 1.86 bits per heavy atom. The predicted molar refractivity (Wildman–Crippen MR) is 79.6 cm³/mol. The molecule has 0 saturated carbocycles. The number of fused-ring (bicyclic) bond motifs is 2. The molecule has 0 atom stereocenters. The van der Waals surface area contributed by atoms with E-state index in [1.807, 2.05) is 37.4 Å². The van der Waals surface area contributed by atoms with Crippen molar-refractivity contribution in [2.45, 2.75) is 0 Å². The van der Waals surface area contributed by atoms with E-state index in [4.69, 9.17) is 9.47 Å². The van der Waals surface area contributed by atoms with Crippen LogP contribution in [-0.4, -0.2) is 43.5 Å². The van der Waals surface area contributed by atoms with Crippen LogP contribution in [0.3, 0.4) is 0 Å². The van der Waals surface area contributed by atoms with Crippen molar-refractivity contribution < 1.29 is 9.47 Å². The van der Waals surface area contributed by atoms with Crippen molar-refractivity contribution in [3.63, 3.8) is 0 Å². The van der Waals surface area contributed by atoms with Gasteiger partial charge in [-0.25, -0.2) is 0 Å². The number of hydrogen-bond acceptors (Lipinski definition) is 6. The van der Waals surface area contributed by atoms with Gasteiger partial charge in [0.05, 0.1) is 18.9 Å². The Balaban J connectivity index is 1.71. The lowest BCUT2D eigenvalue weighted by Crippen LogP contribution is -2.37. The molecule has 21 heavy (non-hydrogen) atoms. The number of morpholine rings is 1. The third-order valence-electron chi connectivity index (χ3n) is 3.86. The second-order valence-electron chi connectivity index (χ2n) is 5.12. The molecule has 108 valence electrons. The minimum absolute atomic E-state index is 0.549. The van der Waals surface area contributed by atoms with E-state index in [1.54, 1.807) is 0 Å². The molecule has 0 amide bonds.